The molecule has 0 amide bonds. The Kier molecular flexibility index (Phi) is 3.99. The molecule has 0 saturated heterocycles. The molecule has 2 aromatic rings. The van der Waals surface area contributed by atoms with Crippen LogP contribution in [0.3, 0.4) is 0 Å². The van der Waals surface area contributed by atoms with E-state index in [2.05, 4.69) is 10.3 Å². The van der Waals surface area contributed by atoms with Gasteiger partial charge in [-0.1, -0.05) is 17.7 Å². The summed E-state index contributed by atoms with van der Waals surface area (Å²) < 4.78 is 18.4. The first kappa shape index (κ1) is 13.1. The Bertz CT molecular complexity index is 534. The number of benzene rings is 1. The first-order chi connectivity index (χ1) is 8.56. The van der Waals surface area contributed by atoms with Gasteiger partial charge < -0.3 is 9.73 Å². The summed E-state index contributed by atoms with van der Waals surface area (Å²) in [5, 5.41) is 3.30. The van der Waals surface area contributed by atoms with Crippen LogP contribution in [0.5, 0.6) is 0 Å². The van der Waals surface area contributed by atoms with Crippen LogP contribution in [0.25, 0.3) is 0 Å². The summed E-state index contributed by atoms with van der Waals surface area (Å²) >= 11 is 5.70. The van der Waals surface area contributed by atoms with Crippen LogP contribution in [0.4, 0.5) is 4.39 Å². The second kappa shape index (κ2) is 5.50. The lowest BCUT2D eigenvalue weighted by molar-refractivity contribution is 0.448. The molecule has 0 aliphatic rings. The van der Waals surface area contributed by atoms with E-state index in [-0.39, 0.29) is 5.02 Å². The summed E-state index contributed by atoms with van der Waals surface area (Å²) in [7, 11) is 0. The molecule has 0 aliphatic heterocycles. The second-order valence-electron chi connectivity index (χ2n) is 4.10. The number of nitrogens with one attached hydrogen (secondary N) is 1. The van der Waals surface area contributed by atoms with Gasteiger partial charge in [0.15, 0.2) is 0 Å². The second-order valence-corrected chi connectivity index (χ2v) is 4.51. The maximum absolute atomic E-state index is 13.0. The third-order valence-corrected chi connectivity index (χ3v) is 2.95. The highest BCUT2D eigenvalue weighted by Gasteiger charge is 2.05. The first-order valence-corrected chi connectivity index (χ1v) is 6.01. The van der Waals surface area contributed by atoms with Gasteiger partial charge in [-0.15, -0.1) is 0 Å². The molecule has 0 radical (unpaired) electrons. The average Bonchev–Trinajstić information content (AvgIpc) is 2.63. The number of aromatic nitrogens is 1. The van der Waals surface area contributed by atoms with Crippen molar-refractivity contribution < 1.29 is 8.81 Å². The molecule has 0 fully saturated rings. The Morgan fingerprint density at radius 1 is 1.33 bits per heavy atom. The van der Waals surface area contributed by atoms with Gasteiger partial charge in [0.1, 0.15) is 11.6 Å². The first-order valence-electron chi connectivity index (χ1n) is 5.64. The van der Waals surface area contributed by atoms with Gasteiger partial charge in [-0.05, 0) is 31.5 Å². The van der Waals surface area contributed by atoms with Gasteiger partial charge in [0.25, 0.3) is 0 Å². The van der Waals surface area contributed by atoms with Crippen molar-refractivity contribution in [3.8, 4) is 0 Å². The molecule has 5 heteroatoms. The Hall–Kier alpha value is -1.39. The molecule has 1 heterocycles. The van der Waals surface area contributed by atoms with Gasteiger partial charge in [0.05, 0.1) is 17.3 Å². The Balaban J connectivity index is 1.90. The van der Waals surface area contributed by atoms with Crippen LogP contribution in [-0.2, 0) is 13.1 Å². The standard InChI is InChI=1S/C13H14ClFN2O/c1-8-9(2)18-13(17-8)7-16-6-10-3-4-12(15)11(14)5-10/h3-5,16H,6-7H2,1-2H3. The van der Waals surface area contributed by atoms with Crippen LogP contribution in [-0.4, -0.2) is 4.98 Å². The molecule has 1 aromatic carbocycles. The maximum Gasteiger partial charge on any atom is 0.208 e. The largest absolute Gasteiger partial charge is 0.444 e. The van der Waals surface area contributed by atoms with Crippen molar-refractivity contribution in [2.75, 3.05) is 0 Å². The highest BCUT2D eigenvalue weighted by atomic mass is 35.5. The van der Waals surface area contributed by atoms with E-state index in [1.54, 1.807) is 12.1 Å². The molecule has 0 aliphatic carbocycles. The van der Waals surface area contributed by atoms with Crippen LogP contribution < -0.4 is 5.32 Å². The van der Waals surface area contributed by atoms with Crippen LogP contribution in [0.2, 0.25) is 5.02 Å². The molecule has 0 spiro atoms. The molecule has 1 N–H and O–H groups in total. The van der Waals surface area contributed by atoms with Gasteiger partial charge in [-0.25, -0.2) is 9.37 Å². The minimum absolute atomic E-state index is 0.136. The fourth-order valence-corrected chi connectivity index (χ4v) is 1.78. The molecular weight excluding hydrogens is 255 g/mol. The molecule has 0 saturated carbocycles. The lowest BCUT2D eigenvalue weighted by atomic mass is 10.2. The molecule has 3 nitrogen and oxygen atoms in total. The van der Waals surface area contributed by atoms with E-state index in [0.29, 0.717) is 19.0 Å². The minimum atomic E-state index is -0.403. The van der Waals surface area contributed by atoms with E-state index >= 15 is 0 Å². The number of hydrogen-bond donors (Lipinski definition) is 1. The fourth-order valence-electron chi connectivity index (χ4n) is 1.58. The minimum Gasteiger partial charge on any atom is -0.444 e. The normalized spacial score (nSPS) is 10.9. The molecule has 2 rings (SSSR count). The fraction of sp³-hybridized carbons (Fsp3) is 0.308. The number of nitrogens with zero attached hydrogens (tertiary/aromatic N) is 1. The molecule has 1 aromatic heterocycles. The monoisotopic (exact) mass is 268 g/mol. The summed E-state index contributed by atoms with van der Waals surface area (Å²) in [6.45, 7) is 4.90. The van der Waals surface area contributed by atoms with Crippen LogP contribution in [0.1, 0.15) is 22.9 Å². The predicted octanol–water partition coefficient (Wildman–Crippen LogP) is 3.37. The Morgan fingerprint density at radius 3 is 2.72 bits per heavy atom. The lowest BCUT2D eigenvalue weighted by Crippen LogP contribution is -2.13. The van der Waals surface area contributed by atoms with Crippen LogP contribution >= 0.6 is 11.6 Å². The van der Waals surface area contributed by atoms with Crippen molar-refractivity contribution in [1.29, 1.82) is 0 Å². The van der Waals surface area contributed by atoms with Crippen molar-refractivity contribution in [3.05, 3.63) is 51.9 Å². The van der Waals surface area contributed by atoms with Gasteiger partial charge in [0, 0.05) is 6.54 Å². The van der Waals surface area contributed by atoms with Crippen molar-refractivity contribution in [1.82, 2.24) is 10.3 Å². The van der Waals surface area contributed by atoms with E-state index in [0.717, 1.165) is 17.0 Å². The number of hydrogen-bond acceptors (Lipinski definition) is 3. The zero-order chi connectivity index (χ0) is 13.1. The zero-order valence-electron chi connectivity index (χ0n) is 10.3. The summed E-state index contributed by atoms with van der Waals surface area (Å²) in [6.07, 6.45) is 0. The highest BCUT2D eigenvalue weighted by Crippen LogP contribution is 2.16. The molecule has 96 valence electrons. The molecule has 0 atom stereocenters. The maximum atomic E-state index is 13.0. The van der Waals surface area contributed by atoms with Gasteiger partial charge in [-0.3, -0.25) is 0 Å². The van der Waals surface area contributed by atoms with Gasteiger partial charge >= 0.3 is 0 Å². The smallest absolute Gasteiger partial charge is 0.208 e. The van der Waals surface area contributed by atoms with Crippen LogP contribution in [0.15, 0.2) is 22.6 Å². The molecule has 0 unspecified atom stereocenters. The number of halogens is 2. The third-order valence-electron chi connectivity index (χ3n) is 2.66. The van der Waals surface area contributed by atoms with E-state index in [4.69, 9.17) is 16.0 Å². The van der Waals surface area contributed by atoms with E-state index < -0.39 is 5.82 Å². The zero-order valence-corrected chi connectivity index (χ0v) is 11.0. The highest BCUT2D eigenvalue weighted by molar-refractivity contribution is 6.30. The summed E-state index contributed by atoms with van der Waals surface area (Å²) in [4.78, 5) is 4.26. The lowest BCUT2D eigenvalue weighted by Gasteiger charge is -2.03. The van der Waals surface area contributed by atoms with Crippen molar-refractivity contribution >= 4 is 11.6 Å². The summed E-state index contributed by atoms with van der Waals surface area (Å²) in [5.41, 5.74) is 1.82. The molecule has 18 heavy (non-hydrogen) atoms. The predicted molar refractivity (Wildman–Crippen MR) is 67.9 cm³/mol. The Labute approximate surface area is 110 Å². The van der Waals surface area contributed by atoms with Crippen molar-refractivity contribution in [2.45, 2.75) is 26.9 Å². The van der Waals surface area contributed by atoms with E-state index in [1.165, 1.54) is 6.07 Å². The third kappa shape index (κ3) is 3.09. The van der Waals surface area contributed by atoms with E-state index in [9.17, 15) is 4.39 Å². The molecular formula is C13H14ClFN2O. The molecule has 0 bridgehead atoms. The topological polar surface area (TPSA) is 38.1 Å². The van der Waals surface area contributed by atoms with Crippen molar-refractivity contribution in [3.63, 3.8) is 0 Å². The summed E-state index contributed by atoms with van der Waals surface area (Å²) in [6, 6.07) is 4.66. The quantitative estimate of drug-likeness (QED) is 0.924. The number of rotatable bonds is 4. The Morgan fingerprint density at radius 2 is 2.11 bits per heavy atom. The number of aryl methyl sites for hydroxylation is 2. The SMILES string of the molecule is Cc1nc(CNCc2ccc(F)c(Cl)c2)oc1C. The average molecular weight is 269 g/mol. The van der Waals surface area contributed by atoms with Crippen molar-refractivity contribution in [2.24, 2.45) is 0 Å². The number of oxazole rings is 1. The van der Waals surface area contributed by atoms with E-state index in [1.807, 2.05) is 13.8 Å². The summed E-state index contributed by atoms with van der Waals surface area (Å²) in [5.74, 6) is 1.08. The van der Waals surface area contributed by atoms with Gasteiger partial charge in [-0.2, -0.15) is 0 Å². The van der Waals surface area contributed by atoms with Crippen LogP contribution in [0, 0.1) is 19.7 Å². The van der Waals surface area contributed by atoms with Gasteiger partial charge in [0.2, 0.25) is 5.89 Å².